The topological polar surface area (TPSA) is 49.2 Å². The Morgan fingerprint density at radius 2 is 1.24 bits per heavy atom. The van der Waals surface area contributed by atoms with Crippen LogP contribution in [0.4, 0.5) is 0 Å². The van der Waals surface area contributed by atoms with Gasteiger partial charge in [-0.3, -0.25) is 0 Å². The predicted octanol–water partition coefficient (Wildman–Crippen LogP) is 5.41. The molecule has 0 saturated heterocycles. The van der Waals surface area contributed by atoms with E-state index in [2.05, 4.69) is 126 Å². The van der Waals surface area contributed by atoms with Crippen molar-refractivity contribution in [3.05, 3.63) is 72.1 Å². The zero-order chi connectivity index (χ0) is 25.2. The highest BCUT2D eigenvalue weighted by molar-refractivity contribution is 6.99. The van der Waals surface area contributed by atoms with Crippen molar-refractivity contribution in [2.24, 2.45) is 7.05 Å². The largest absolute Gasteiger partial charge is 0.411 e. The molecule has 184 valence electrons. The molecule has 1 heterocycles. The van der Waals surface area contributed by atoms with Crippen LogP contribution in [0.2, 0.25) is 23.2 Å². The first-order valence-corrected chi connectivity index (χ1v) is 16.9. The fourth-order valence-electron chi connectivity index (χ4n) is 4.11. The number of aryl methyl sites for hydroxylation is 1. The number of benzene rings is 2. The minimum absolute atomic E-state index is 0.0838. The van der Waals surface area contributed by atoms with Crippen molar-refractivity contribution in [2.45, 2.75) is 77.9 Å². The maximum atomic E-state index is 7.13. The highest BCUT2D eigenvalue weighted by atomic mass is 28.4. The molecule has 0 aliphatic rings. The summed E-state index contributed by atoms with van der Waals surface area (Å²) < 4.78 is 15.4. The van der Waals surface area contributed by atoms with E-state index in [0.29, 0.717) is 13.2 Å². The van der Waals surface area contributed by atoms with Crippen molar-refractivity contribution >= 4 is 27.0 Å². The van der Waals surface area contributed by atoms with Gasteiger partial charge in [-0.2, -0.15) is 0 Å². The monoisotopic (exact) mass is 495 g/mol. The van der Waals surface area contributed by atoms with E-state index in [1.165, 1.54) is 10.4 Å². The molecule has 0 atom stereocenters. The summed E-state index contributed by atoms with van der Waals surface area (Å²) in [5.41, 5.74) is 1.84. The Morgan fingerprint density at radius 3 is 1.68 bits per heavy atom. The Morgan fingerprint density at radius 1 is 0.735 bits per heavy atom. The van der Waals surface area contributed by atoms with Crippen molar-refractivity contribution in [3.63, 3.8) is 0 Å². The SMILES string of the molecule is Cn1nnc(CO[Si](C)(C)C(C)(C)C)c1CO[Si](c1ccccc1)(c1ccccc1)C(C)(C)C. The summed E-state index contributed by atoms with van der Waals surface area (Å²) >= 11 is 0. The van der Waals surface area contributed by atoms with Crippen molar-refractivity contribution in [1.82, 2.24) is 15.0 Å². The standard InChI is InChI=1S/C27H41N3O2Si2/c1-26(2,3)33(8,9)31-20-24-25(30(7)29-28-24)21-32-34(27(4,5)6,22-16-12-10-13-17-22)23-18-14-11-15-19-23/h10-19H,20-21H2,1-9H3. The Balaban J connectivity index is 1.99. The normalized spacial score (nSPS) is 13.3. The Bertz CT molecular complexity index is 1030. The third kappa shape index (κ3) is 5.27. The van der Waals surface area contributed by atoms with Crippen LogP contribution < -0.4 is 10.4 Å². The van der Waals surface area contributed by atoms with Crippen molar-refractivity contribution in [2.75, 3.05) is 0 Å². The zero-order valence-corrected chi connectivity index (χ0v) is 24.3. The summed E-state index contributed by atoms with van der Waals surface area (Å²) in [4.78, 5) is 0. The van der Waals surface area contributed by atoms with Crippen LogP contribution in [0.1, 0.15) is 52.9 Å². The van der Waals surface area contributed by atoms with E-state index in [1.807, 2.05) is 11.7 Å². The molecule has 0 bridgehead atoms. The van der Waals surface area contributed by atoms with E-state index in [1.54, 1.807) is 0 Å². The van der Waals surface area contributed by atoms with Crippen LogP contribution >= 0.6 is 0 Å². The second kappa shape index (κ2) is 9.89. The minimum atomic E-state index is -2.64. The first kappa shape index (κ1) is 26.5. The lowest BCUT2D eigenvalue weighted by atomic mass is 10.2. The molecule has 0 aliphatic carbocycles. The molecule has 0 N–H and O–H groups in total. The van der Waals surface area contributed by atoms with Crippen LogP contribution in [0.3, 0.4) is 0 Å². The molecule has 0 aliphatic heterocycles. The lowest BCUT2D eigenvalue weighted by molar-refractivity contribution is 0.254. The fraction of sp³-hybridized carbons (Fsp3) is 0.481. The highest BCUT2D eigenvalue weighted by Gasteiger charge is 2.50. The zero-order valence-electron chi connectivity index (χ0n) is 22.3. The quantitative estimate of drug-likeness (QED) is 0.392. The number of nitrogens with zero attached hydrogens (tertiary/aromatic N) is 3. The van der Waals surface area contributed by atoms with Gasteiger partial charge in [-0.25, -0.2) is 4.68 Å². The van der Waals surface area contributed by atoms with Gasteiger partial charge in [0.15, 0.2) is 8.32 Å². The predicted molar refractivity (Wildman–Crippen MR) is 145 cm³/mol. The number of hydrogen-bond acceptors (Lipinski definition) is 4. The van der Waals surface area contributed by atoms with Gasteiger partial charge in [0.1, 0.15) is 5.69 Å². The molecule has 0 unspecified atom stereocenters. The summed E-state index contributed by atoms with van der Waals surface area (Å²) in [7, 11) is -2.61. The van der Waals surface area contributed by atoms with Crippen LogP contribution in [0.5, 0.6) is 0 Å². The average molecular weight is 496 g/mol. The van der Waals surface area contributed by atoms with E-state index in [9.17, 15) is 0 Å². The Labute approximate surface area is 207 Å². The van der Waals surface area contributed by atoms with Gasteiger partial charge in [0, 0.05) is 7.05 Å². The molecule has 0 amide bonds. The second-order valence-corrected chi connectivity index (χ2v) is 20.7. The third-order valence-corrected chi connectivity index (χ3v) is 16.7. The van der Waals surface area contributed by atoms with Gasteiger partial charge in [-0.15, -0.1) is 5.10 Å². The van der Waals surface area contributed by atoms with Crippen LogP contribution in [0.25, 0.3) is 0 Å². The molecule has 0 fully saturated rings. The number of rotatable bonds is 8. The molecular weight excluding hydrogens is 454 g/mol. The minimum Gasteiger partial charge on any atom is -0.411 e. The Hall–Kier alpha value is -2.07. The van der Waals surface area contributed by atoms with E-state index in [0.717, 1.165) is 11.4 Å². The highest BCUT2D eigenvalue weighted by Crippen LogP contribution is 2.38. The van der Waals surface area contributed by atoms with Crippen molar-refractivity contribution in [1.29, 1.82) is 0 Å². The molecule has 3 rings (SSSR count). The molecule has 34 heavy (non-hydrogen) atoms. The lowest BCUT2D eigenvalue weighted by Crippen LogP contribution is -2.66. The molecule has 7 heteroatoms. The smallest absolute Gasteiger partial charge is 0.261 e. The van der Waals surface area contributed by atoms with E-state index in [-0.39, 0.29) is 10.1 Å². The first-order valence-electron chi connectivity index (χ1n) is 12.1. The summed E-state index contributed by atoms with van der Waals surface area (Å²) in [6, 6.07) is 21.4. The molecule has 1 aromatic heterocycles. The first-order chi connectivity index (χ1) is 15.8. The molecule has 0 radical (unpaired) electrons. The van der Waals surface area contributed by atoms with E-state index >= 15 is 0 Å². The van der Waals surface area contributed by atoms with Crippen LogP contribution in [-0.4, -0.2) is 31.6 Å². The second-order valence-electron chi connectivity index (χ2n) is 11.6. The summed E-state index contributed by atoms with van der Waals surface area (Å²) in [5.74, 6) is 0. The van der Waals surface area contributed by atoms with Gasteiger partial charge in [0.05, 0.1) is 18.9 Å². The summed E-state index contributed by atoms with van der Waals surface area (Å²) in [6.07, 6.45) is 0. The van der Waals surface area contributed by atoms with Crippen LogP contribution in [0, 0.1) is 0 Å². The maximum Gasteiger partial charge on any atom is 0.261 e. The average Bonchev–Trinajstić information content (AvgIpc) is 3.12. The number of aromatic nitrogens is 3. The molecule has 3 aromatic rings. The Kier molecular flexibility index (Phi) is 7.72. The van der Waals surface area contributed by atoms with Gasteiger partial charge >= 0.3 is 0 Å². The van der Waals surface area contributed by atoms with Crippen LogP contribution in [-0.2, 0) is 29.1 Å². The molecule has 5 nitrogen and oxygen atoms in total. The maximum absolute atomic E-state index is 7.13. The molecule has 2 aromatic carbocycles. The van der Waals surface area contributed by atoms with Gasteiger partial charge in [0.25, 0.3) is 8.32 Å². The van der Waals surface area contributed by atoms with Crippen LogP contribution in [0.15, 0.2) is 60.7 Å². The van der Waals surface area contributed by atoms with Gasteiger partial charge in [-0.1, -0.05) is 107 Å². The van der Waals surface area contributed by atoms with E-state index in [4.69, 9.17) is 8.85 Å². The molecule has 0 spiro atoms. The van der Waals surface area contributed by atoms with E-state index < -0.39 is 16.6 Å². The molecule has 0 saturated carbocycles. The number of hydrogen-bond donors (Lipinski definition) is 0. The van der Waals surface area contributed by atoms with Crippen molar-refractivity contribution < 1.29 is 8.85 Å². The van der Waals surface area contributed by atoms with Gasteiger partial charge < -0.3 is 8.85 Å². The molecular formula is C27H41N3O2Si2. The summed E-state index contributed by atoms with van der Waals surface area (Å²) in [5, 5.41) is 11.4. The third-order valence-electron chi connectivity index (χ3n) is 7.24. The van der Waals surface area contributed by atoms with Gasteiger partial charge in [-0.05, 0) is 33.5 Å². The lowest BCUT2D eigenvalue weighted by Gasteiger charge is -2.43. The van der Waals surface area contributed by atoms with Gasteiger partial charge in [0.2, 0.25) is 0 Å². The summed E-state index contributed by atoms with van der Waals surface area (Å²) in [6.45, 7) is 19.1. The van der Waals surface area contributed by atoms with Crippen molar-refractivity contribution in [3.8, 4) is 0 Å². The fourth-order valence-corrected chi connectivity index (χ4v) is 9.55.